The van der Waals surface area contributed by atoms with E-state index in [0.29, 0.717) is 19.6 Å². The lowest BCUT2D eigenvalue weighted by Gasteiger charge is -2.13. The molecule has 0 radical (unpaired) electrons. The van der Waals surface area contributed by atoms with Crippen molar-refractivity contribution in [3.8, 4) is 5.75 Å². The van der Waals surface area contributed by atoms with Crippen LogP contribution in [0.25, 0.3) is 0 Å². The van der Waals surface area contributed by atoms with Gasteiger partial charge in [0.15, 0.2) is 0 Å². The number of ether oxygens (including phenoxy) is 1. The monoisotopic (exact) mass is 399 g/mol. The van der Waals surface area contributed by atoms with Crippen LogP contribution in [0.2, 0.25) is 5.02 Å². The Bertz CT molecular complexity index is 939. The third-order valence-corrected chi connectivity index (χ3v) is 5.30. The summed E-state index contributed by atoms with van der Waals surface area (Å²) >= 11 is 6.28. The van der Waals surface area contributed by atoms with Gasteiger partial charge >= 0.3 is 0 Å². The third kappa shape index (κ3) is 4.73. The molecular weight excluding hydrogens is 374 g/mol. The van der Waals surface area contributed by atoms with Crippen LogP contribution in [0.15, 0.2) is 48.5 Å². The van der Waals surface area contributed by atoms with Crippen LogP contribution in [-0.2, 0) is 13.1 Å². The third-order valence-electron chi connectivity index (χ3n) is 4.93. The zero-order valence-corrected chi connectivity index (χ0v) is 17.2. The number of hydrogen-bond donors (Lipinski definition) is 2. The van der Waals surface area contributed by atoms with Crippen molar-refractivity contribution >= 4 is 11.6 Å². The van der Waals surface area contributed by atoms with Gasteiger partial charge in [0.25, 0.3) is 0 Å². The maximum Gasteiger partial charge on any atom is 0.119 e. The highest BCUT2D eigenvalue weighted by Crippen LogP contribution is 2.21. The summed E-state index contributed by atoms with van der Waals surface area (Å²) in [6.07, 6.45) is -0.603. The molecule has 6 heteroatoms. The zero-order chi connectivity index (χ0) is 20.1. The molecule has 1 atom stereocenters. The van der Waals surface area contributed by atoms with Crippen molar-refractivity contribution in [2.24, 2.45) is 0 Å². The normalized spacial score (nSPS) is 12.2. The van der Waals surface area contributed by atoms with Crippen molar-refractivity contribution in [1.29, 1.82) is 0 Å². The fourth-order valence-electron chi connectivity index (χ4n) is 3.23. The number of halogens is 1. The van der Waals surface area contributed by atoms with Gasteiger partial charge in [-0.15, -0.1) is 0 Å². The first-order valence-electron chi connectivity index (χ1n) is 9.28. The fraction of sp³-hybridized carbons (Fsp3) is 0.318. The molecule has 0 saturated heterocycles. The standard InChI is InChI=1S/C22H26ClN3O2/c1-15-20(12-24-13-22(27)17-8-6-9-19(11-17)28-3)16(2)26(25-15)14-18-7-4-5-10-21(18)23/h4-11,22,24,27H,12-14H2,1-3H3. The fourth-order valence-corrected chi connectivity index (χ4v) is 3.43. The first-order chi connectivity index (χ1) is 13.5. The highest BCUT2D eigenvalue weighted by Gasteiger charge is 2.14. The maximum atomic E-state index is 10.4. The molecule has 3 rings (SSSR count). The number of methoxy groups -OCH3 is 1. The van der Waals surface area contributed by atoms with E-state index >= 15 is 0 Å². The van der Waals surface area contributed by atoms with Crippen LogP contribution in [0.3, 0.4) is 0 Å². The predicted octanol–water partition coefficient (Wildman–Crippen LogP) is 4.03. The number of benzene rings is 2. The lowest BCUT2D eigenvalue weighted by atomic mass is 10.1. The van der Waals surface area contributed by atoms with Gasteiger partial charge in [0.2, 0.25) is 0 Å². The molecule has 2 aromatic carbocycles. The minimum absolute atomic E-state index is 0.446. The summed E-state index contributed by atoms with van der Waals surface area (Å²) in [5, 5.41) is 19.2. The van der Waals surface area contributed by atoms with Crippen molar-refractivity contribution in [3.63, 3.8) is 0 Å². The van der Waals surface area contributed by atoms with E-state index in [4.69, 9.17) is 16.3 Å². The van der Waals surface area contributed by atoms with E-state index in [9.17, 15) is 5.11 Å². The van der Waals surface area contributed by atoms with Crippen LogP contribution < -0.4 is 10.1 Å². The van der Waals surface area contributed by atoms with Gasteiger partial charge in [-0.2, -0.15) is 5.10 Å². The van der Waals surface area contributed by atoms with Gasteiger partial charge < -0.3 is 15.2 Å². The van der Waals surface area contributed by atoms with Gasteiger partial charge in [0, 0.05) is 29.4 Å². The number of aliphatic hydroxyl groups excluding tert-OH is 1. The lowest BCUT2D eigenvalue weighted by Crippen LogP contribution is -2.21. The Morgan fingerprint density at radius 2 is 1.96 bits per heavy atom. The summed E-state index contributed by atoms with van der Waals surface area (Å²) in [6.45, 7) is 5.79. The second kappa shape index (κ2) is 9.24. The summed E-state index contributed by atoms with van der Waals surface area (Å²) in [7, 11) is 1.62. The van der Waals surface area contributed by atoms with Crippen LogP contribution >= 0.6 is 11.6 Å². The van der Waals surface area contributed by atoms with E-state index in [1.165, 1.54) is 0 Å². The number of aryl methyl sites for hydroxylation is 1. The smallest absolute Gasteiger partial charge is 0.119 e. The molecule has 0 aliphatic carbocycles. The Labute approximate surface area is 170 Å². The second-order valence-electron chi connectivity index (χ2n) is 6.82. The molecule has 1 unspecified atom stereocenters. The molecule has 28 heavy (non-hydrogen) atoms. The molecule has 0 spiro atoms. The molecule has 3 aromatic rings. The van der Waals surface area contributed by atoms with E-state index in [0.717, 1.165) is 38.9 Å². The average Bonchev–Trinajstić information content (AvgIpc) is 2.97. The molecular formula is C22H26ClN3O2. The highest BCUT2D eigenvalue weighted by molar-refractivity contribution is 6.31. The molecule has 0 aliphatic heterocycles. The molecule has 0 aliphatic rings. The van der Waals surface area contributed by atoms with Crippen LogP contribution in [-0.4, -0.2) is 28.5 Å². The van der Waals surface area contributed by atoms with Gasteiger partial charge in [-0.3, -0.25) is 4.68 Å². The SMILES string of the molecule is COc1cccc(C(O)CNCc2c(C)nn(Cc3ccccc3Cl)c2C)c1. The van der Waals surface area contributed by atoms with Gasteiger partial charge in [-0.1, -0.05) is 41.9 Å². The van der Waals surface area contributed by atoms with E-state index in [-0.39, 0.29) is 0 Å². The Kier molecular flexibility index (Phi) is 6.73. The number of rotatable bonds is 8. The molecule has 0 fully saturated rings. The molecule has 148 valence electrons. The topological polar surface area (TPSA) is 59.3 Å². The summed E-state index contributed by atoms with van der Waals surface area (Å²) in [5.41, 5.74) is 5.09. The van der Waals surface area contributed by atoms with Gasteiger partial charge in [0.05, 0.1) is 25.5 Å². The molecule has 0 bridgehead atoms. The first kappa shape index (κ1) is 20.4. The number of hydrogen-bond acceptors (Lipinski definition) is 4. The minimum Gasteiger partial charge on any atom is -0.497 e. The van der Waals surface area contributed by atoms with Crippen molar-refractivity contribution < 1.29 is 9.84 Å². The van der Waals surface area contributed by atoms with Crippen LogP contribution in [0, 0.1) is 13.8 Å². The largest absolute Gasteiger partial charge is 0.497 e. The number of aromatic nitrogens is 2. The van der Waals surface area contributed by atoms with E-state index in [2.05, 4.69) is 17.3 Å². The van der Waals surface area contributed by atoms with Crippen LogP contribution in [0.1, 0.15) is 34.2 Å². The quantitative estimate of drug-likeness (QED) is 0.600. The summed E-state index contributed by atoms with van der Waals surface area (Å²) in [4.78, 5) is 0. The van der Waals surface area contributed by atoms with Crippen molar-refractivity contribution in [2.75, 3.05) is 13.7 Å². The Hall–Kier alpha value is -2.34. The Morgan fingerprint density at radius 3 is 2.71 bits per heavy atom. The zero-order valence-electron chi connectivity index (χ0n) is 16.4. The maximum absolute atomic E-state index is 10.4. The first-order valence-corrected chi connectivity index (χ1v) is 9.66. The van der Waals surface area contributed by atoms with Crippen molar-refractivity contribution in [1.82, 2.24) is 15.1 Å². The summed E-state index contributed by atoms with van der Waals surface area (Å²) < 4.78 is 7.20. The molecule has 1 aromatic heterocycles. The van der Waals surface area contributed by atoms with Crippen LogP contribution in [0.4, 0.5) is 0 Å². The van der Waals surface area contributed by atoms with E-state index in [1.54, 1.807) is 7.11 Å². The second-order valence-corrected chi connectivity index (χ2v) is 7.23. The van der Waals surface area contributed by atoms with Crippen molar-refractivity contribution in [3.05, 3.63) is 81.6 Å². The lowest BCUT2D eigenvalue weighted by molar-refractivity contribution is 0.174. The Balaban J connectivity index is 1.63. The average molecular weight is 400 g/mol. The minimum atomic E-state index is -0.603. The number of aliphatic hydroxyl groups is 1. The van der Waals surface area contributed by atoms with Gasteiger partial charge in [0.1, 0.15) is 5.75 Å². The Morgan fingerprint density at radius 1 is 1.18 bits per heavy atom. The molecule has 0 saturated carbocycles. The molecule has 0 amide bonds. The molecule has 2 N–H and O–H groups in total. The van der Waals surface area contributed by atoms with Gasteiger partial charge in [-0.05, 0) is 43.2 Å². The van der Waals surface area contributed by atoms with Crippen LogP contribution in [0.5, 0.6) is 5.75 Å². The summed E-state index contributed by atoms with van der Waals surface area (Å²) in [6, 6.07) is 15.3. The molecule has 1 heterocycles. The predicted molar refractivity (Wildman–Crippen MR) is 112 cm³/mol. The van der Waals surface area contributed by atoms with E-state index in [1.807, 2.05) is 60.1 Å². The van der Waals surface area contributed by atoms with Gasteiger partial charge in [-0.25, -0.2) is 0 Å². The van der Waals surface area contributed by atoms with Crippen molar-refractivity contribution in [2.45, 2.75) is 33.0 Å². The molecule has 5 nitrogen and oxygen atoms in total. The summed E-state index contributed by atoms with van der Waals surface area (Å²) in [5.74, 6) is 0.740. The number of nitrogens with zero attached hydrogens (tertiary/aromatic N) is 2. The number of nitrogens with one attached hydrogen (secondary N) is 1. The van der Waals surface area contributed by atoms with E-state index < -0.39 is 6.10 Å². The highest BCUT2D eigenvalue weighted by atomic mass is 35.5.